The summed E-state index contributed by atoms with van der Waals surface area (Å²) in [6.07, 6.45) is 2.02. The largest absolute Gasteiger partial charge is 0.362 e. The molecule has 1 aliphatic rings. The van der Waals surface area contributed by atoms with Gasteiger partial charge in [0.2, 0.25) is 5.28 Å². The van der Waals surface area contributed by atoms with Gasteiger partial charge < -0.3 is 9.88 Å². The number of hydrogen-bond donors (Lipinski definition) is 1. The van der Waals surface area contributed by atoms with Crippen LogP contribution in [0.5, 0.6) is 0 Å². The number of nitrogens with one attached hydrogen (secondary N) is 1. The van der Waals surface area contributed by atoms with Crippen molar-refractivity contribution in [2.45, 2.75) is 38.8 Å². The van der Waals surface area contributed by atoms with Gasteiger partial charge in [-0.2, -0.15) is 0 Å². The highest BCUT2D eigenvalue weighted by molar-refractivity contribution is 6.35. The van der Waals surface area contributed by atoms with Crippen LogP contribution >= 0.6 is 23.2 Å². The van der Waals surface area contributed by atoms with Crippen molar-refractivity contribution in [1.82, 2.24) is 14.5 Å². The average Bonchev–Trinajstić information content (AvgIpc) is 3.38. The van der Waals surface area contributed by atoms with Crippen molar-refractivity contribution in [3.05, 3.63) is 62.4 Å². The number of fused-ring (bicyclic) bond motifs is 1. The van der Waals surface area contributed by atoms with Gasteiger partial charge in [-0.3, -0.25) is 4.79 Å². The molecule has 1 aromatic carbocycles. The third-order valence-corrected chi connectivity index (χ3v) is 5.09. The maximum absolute atomic E-state index is 13.1. The van der Waals surface area contributed by atoms with E-state index in [9.17, 15) is 4.79 Å². The standard InChI is InChI=1S/C19H18Cl2N4O/c1-10-8-16(24-19(21)22-10)23-11(2)15-9-12-4-3-5-14(20)17(12)18(26)25(15)13-6-7-13/h3-5,8-9,11,13H,6-7H2,1-2H3,(H,22,23,24)/t11-/m0/s1. The fourth-order valence-electron chi connectivity index (χ4n) is 3.30. The van der Waals surface area contributed by atoms with Crippen LogP contribution in [0.3, 0.4) is 0 Å². The molecule has 7 heteroatoms. The lowest BCUT2D eigenvalue weighted by molar-refractivity contribution is 0.636. The molecule has 4 rings (SSSR count). The van der Waals surface area contributed by atoms with Crippen LogP contribution in [0.15, 0.2) is 35.1 Å². The number of benzene rings is 1. The van der Waals surface area contributed by atoms with E-state index in [0.29, 0.717) is 16.2 Å². The molecule has 26 heavy (non-hydrogen) atoms. The zero-order chi connectivity index (χ0) is 18.4. The van der Waals surface area contributed by atoms with Gasteiger partial charge in [-0.1, -0.05) is 23.7 Å². The number of rotatable bonds is 4. The summed E-state index contributed by atoms with van der Waals surface area (Å²) in [5.41, 5.74) is 1.67. The molecule has 2 heterocycles. The van der Waals surface area contributed by atoms with Crippen LogP contribution in [-0.2, 0) is 0 Å². The normalized spacial score (nSPS) is 15.2. The molecule has 3 aromatic rings. The Morgan fingerprint density at radius 2 is 2.00 bits per heavy atom. The molecule has 0 unspecified atom stereocenters. The lowest BCUT2D eigenvalue weighted by Crippen LogP contribution is -2.26. The molecule has 0 saturated heterocycles. The first kappa shape index (κ1) is 17.3. The lowest BCUT2D eigenvalue weighted by atomic mass is 10.1. The van der Waals surface area contributed by atoms with Crippen molar-refractivity contribution in [2.24, 2.45) is 0 Å². The van der Waals surface area contributed by atoms with Crippen molar-refractivity contribution in [1.29, 1.82) is 0 Å². The minimum Gasteiger partial charge on any atom is -0.362 e. The van der Waals surface area contributed by atoms with Gasteiger partial charge >= 0.3 is 0 Å². The first-order chi connectivity index (χ1) is 12.4. The van der Waals surface area contributed by atoms with Crippen LogP contribution in [0.2, 0.25) is 10.3 Å². The topological polar surface area (TPSA) is 59.8 Å². The molecule has 0 bridgehead atoms. The van der Waals surface area contributed by atoms with Gasteiger partial charge in [0.1, 0.15) is 5.82 Å². The summed E-state index contributed by atoms with van der Waals surface area (Å²) >= 11 is 12.3. The maximum atomic E-state index is 13.1. The van der Waals surface area contributed by atoms with Gasteiger partial charge in [0.15, 0.2) is 0 Å². The molecule has 1 aliphatic carbocycles. The van der Waals surface area contributed by atoms with E-state index >= 15 is 0 Å². The Balaban J connectivity index is 1.82. The summed E-state index contributed by atoms with van der Waals surface area (Å²) in [6, 6.07) is 9.52. The summed E-state index contributed by atoms with van der Waals surface area (Å²) in [4.78, 5) is 21.4. The highest BCUT2D eigenvalue weighted by Crippen LogP contribution is 2.37. The lowest BCUT2D eigenvalue weighted by Gasteiger charge is -2.21. The molecule has 0 amide bonds. The Hall–Kier alpha value is -2.11. The Morgan fingerprint density at radius 1 is 1.23 bits per heavy atom. The SMILES string of the molecule is Cc1cc(N[C@@H](C)c2cc3cccc(Cl)c3c(=O)n2C2CC2)nc(Cl)n1. The minimum atomic E-state index is -0.128. The first-order valence-corrected chi connectivity index (χ1v) is 9.31. The zero-order valence-corrected chi connectivity index (χ0v) is 16.0. The number of pyridine rings is 1. The van der Waals surface area contributed by atoms with Crippen LogP contribution in [0.4, 0.5) is 5.82 Å². The number of hydrogen-bond acceptors (Lipinski definition) is 4. The van der Waals surface area contributed by atoms with E-state index in [1.165, 1.54) is 0 Å². The van der Waals surface area contributed by atoms with E-state index in [4.69, 9.17) is 23.2 Å². The van der Waals surface area contributed by atoms with Gasteiger partial charge in [0, 0.05) is 23.5 Å². The maximum Gasteiger partial charge on any atom is 0.260 e. The second kappa shape index (κ2) is 6.56. The smallest absolute Gasteiger partial charge is 0.260 e. The highest BCUT2D eigenvalue weighted by Gasteiger charge is 2.29. The van der Waals surface area contributed by atoms with Gasteiger partial charge in [-0.15, -0.1) is 0 Å². The summed E-state index contributed by atoms with van der Waals surface area (Å²) in [6.45, 7) is 3.87. The molecule has 0 spiro atoms. The summed E-state index contributed by atoms with van der Waals surface area (Å²) in [5.74, 6) is 0.635. The van der Waals surface area contributed by atoms with E-state index in [1.807, 2.05) is 42.7 Å². The molecule has 134 valence electrons. The van der Waals surface area contributed by atoms with E-state index in [2.05, 4.69) is 15.3 Å². The molecule has 5 nitrogen and oxygen atoms in total. The fraction of sp³-hybridized carbons (Fsp3) is 0.316. The molecule has 0 radical (unpaired) electrons. The molecular weight excluding hydrogens is 371 g/mol. The molecular formula is C19H18Cl2N4O. The second-order valence-electron chi connectivity index (χ2n) is 6.71. The molecule has 0 aliphatic heterocycles. The van der Waals surface area contributed by atoms with Crippen molar-refractivity contribution in [3.8, 4) is 0 Å². The number of aromatic nitrogens is 3. The third kappa shape index (κ3) is 3.17. The molecule has 1 N–H and O–H groups in total. The second-order valence-corrected chi connectivity index (χ2v) is 7.45. The van der Waals surface area contributed by atoms with Crippen molar-refractivity contribution >= 4 is 39.8 Å². The van der Waals surface area contributed by atoms with Crippen LogP contribution in [0, 0.1) is 6.92 Å². The summed E-state index contributed by atoms with van der Waals surface area (Å²) in [5, 5.41) is 5.46. The van der Waals surface area contributed by atoms with E-state index in [0.717, 1.165) is 29.6 Å². The fourth-order valence-corrected chi connectivity index (χ4v) is 3.79. The van der Waals surface area contributed by atoms with Crippen molar-refractivity contribution in [3.63, 3.8) is 0 Å². The number of halogens is 2. The third-order valence-electron chi connectivity index (χ3n) is 4.61. The van der Waals surface area contributed by atoms with E-state index in [-0.39, 0.29) is 22.9 Å². The number of aryl methyl sites for hydroxylation is 1. The monoisotopic (exact) mass is 388 g/mol. The van der Waals surface area contributed by atoms with Gasteiger partial charge in [0.25, 0.3) is 5.56 Å². The number of nitrogens with zero attached hydrogens (tertiary/aromatic N) is 3. The molecule has 1 saturated carbocycles. The van der Waals surface area contributed by atoms with Crippen LogP contribution in [-0.4, -0.2) is 14.5 Å². The molecule has 1 fully saturated rings. The van der Waals surface area contributed by atoms with E-state index in [1.54, 1.807) is 6.07 Å². The average molecular weight is 389 g/mol. The zero-order valence-electron chi connectivity index (χ0n) is 14.5. The van der Waals surface area contributed by atoms with Gasteiger partial charge in [-0.25, -0.2) is 9.97 Å². The van der Waals surface area contributed by atoms with Gasteiger partial charge in [-0.05, 0) is 55.8 Å². The van der Waals surface area contributed by atoms with Crippen LogP contribution in [0.25, 0.3) is 10.8 Å². The molecule has 1 atom stereocenters. The Labute approximate surface area is 161 Å². The minimum absolute atomic E-state index is 0.0313. The van der Waals surface area contributed by atoms with Crippen LogP contribution < -0.4 is 10.9 Å². The number of anilines is 1. The van der Waals surface area contributed by atoms with Crippen molar-refractivity contribution in [2.75, 3.05) is 5.32 Å². The van der Waals surface area contributed by atoms with E-state index < -0.39 is 0 Å². The summed E-state index contributed by atoms with van der Waals surface area (Å²) < 4.78 is 1.88. The Morgan fingerprint density at radius 3 is 2.69 bits per heavy atom. The van der Waals surface area contributed by atoms with Crippen LogP contribution in [0.1, 0.15) is 43.2 Å². The predicted molar refractivity (Wildman–Crippen MR) is 105 cm³/mol. The molecule has 2 aromatic heterocycles. The summed E-state index contributed by atoms with van der Waals surface area (Å²) in [7, 11) is 0. The van der Waals surface area contributed by atoms with Crippen molar-refractivity contribution < 1.29 is 0 Å². The van der Waals surface area contributed by atoms with Gasteiger partial charge in [0.05, 0.1) is 16.5 Å². The quantitative estimate of drug-likeness (QED) is 0.644. The predicted octanol–water partition coefficient (Wildman–Crippen LogP) is 4.91. The Kier molecular flexibility index (Phi) is 4.37. The highest BCUT2D eigenvalue weighted by atomic mass is 35.5. The Bertz CT molecular complexity index is 1040. The first-order valence-electron chi connectivity index (χ1n) is 8.55.